The highest BCUT2D eigenvalue weighted by Crippen LogP contribution is 2.07. The van der Waals surface area contributed by atoms with E-state index in [-0.39, 0.29) is 6.04 Å². The molecule has 0 saturated heterocycles. The van der Waals surface area contributed by atoms with Gasteiger partial charge in [-0.25, -0.2) is 0 Å². The Morgan fingerprint density at radius 3 is 2.80 bits per heavy atom. The van der Waals surface area contributed by atoms with E-state index in [2.05, 4.69) is 10.3 Å². The van der Waals surface area contributed by atoms with Gasteiger partial charge in [0.25, 0.3) is 0 Å². The van der Waals surface area contributed by atoms with Gasteiger partial charge in [0.05, 0.1) is 11.7 Å². The van der Waals surface area contributed by atoms with E-state index in [1.807, 2.05) is 6.07 Å². The minimum atomic E-state index is -1.14. The van der Waals surface area contributed by atoms with Crippen LogP contribution in [-0.2, 0) is 9.59 Å². The number of carboxylic acids is 1. The van der Waals surface area contributed by atoms with Crippen molar-refractivity contribution in [1.82, 2.24) is 10.3 Å². The summed E-state index contributed by atoms with van der Waals surface area (Å²) in [4.78, 5) is 25.4. The van der Waals surface area contributed by atoms with Gasteiger partial charge in [0, 0.05) is 6.20 Å². The largest absolute Gasteiger partial charge is 0.481 e. The number of carbonyl (C=O) groups excluding carboxylic acids is 1. The van der Waals surface area contributed by atoms with E-state index in [0.29, 0.717) is 5.69 Å². The molecule has 0 bridgehead atoms. The van der Waals surface area contributed by atoms with E-state index >= 15 is 0 Å². The minimum absolute atomic E-state index is 0.280. The lowest BCUT2D eigenvalue weighted by molar-refractivity contribution is -0.140. The van der Waals surface area contributed by atoms with E-state index in [4.69, 9.17) is 5.11 Å². The molecular weight excluding hydrogens is 196 g/mol. The molecule has 1 unspecified atom stereocenters. The second-order valence-corrected chi connectivity index (χ2v) is 3.11. The lowest BCUT2D eigenvalue weighted by Crippen LogP contribution is -2.28. The van der Waals surface area contributed by atoms with Crippen LogP contribution in [0.1, 0.15) is 25.1 Å². The number of hydrogen-bond donors (Lipinski definition) is 2. The summed E-state index contributed by atoms with van der Waals surface area (Å²) in [6.07, 6.45) is 1.10. The highest BCUT2D eigenvalue weighted by atomic mass is 16.4. The molecule has 0 spiro atoms. The van der Waals surface area contributed by atoms with Gasteiger partial charge in [0.1, 0.15) is 6.42 Å². The molecule has 1 rings (SSSR count). The fraction of sp³-hybridized carbons (Fsp3) is 0.300. The number of nitrogens with zero attached hydrogens (tertiary/aromatic N) is 1. The summed E-state index contributed by atoms with van der Waals surface area (Å²) in [5.41, 5.74) is 0.705. The summed E-state index contributed by atoms with van der Waals surface area (Å²) < 4.78 is 0. The Bertz CT molecular complexity index is 351. The van der Waals surface area contributed by atoms with Crippen LogP contribution in [0.15, 0.2) is 24.4 Å². The Kier molecular flexibility index (Phi) is 3.79. The van der Waals surface area contributed by atoms with Gasteiger partial charge in [-0.1, -0.05) is 6.07 Å². The van der Waals surface area contributed by atoms with Crippen molar-refractivity contribution in [3.05, 3.63) is 30.1 Å². The molecule has 0 aliphatic rings. The summed E-state index contributed by atoms with van der Waals surface area (Å²) in [6, 6.07) is 5.07. The van der Waals surface area contributed by atoms with E-state index in [1.165, 1.54) is 0 Å². The van der Waals surface area contributed by atoms with E-state index in [1.54, 1.807) is 25.3 Å². The van der Waals surface area contributed by atoms with Crippen LogP contribution in [0.3, 0.4) is 0 Å². The van der Waals surface area contributed by atoms with Gasteiger partial charge in [-0.05, 0) is 19.1 Å². The lowest BCUT2D eigenvalue weighted by atomic mass is 10.2. The van der Waals surface area contributed by atoms with Crippen LogP contribution in [0.25, 0.3) is 0 Å². The molecule has 0 aliphatic heterocycles. The van der Waals surface area contributed by atoms with Crippen LogP contribution >= 0.6 is 0 Å². The van der Waals surface area contributed by atoms with Crippen molar-refractivity contribution >= 4 is 11.9 Å². The predicted molar refractivity (Wildman–Crippen MR) is 53.0 cm³/mol. The third-order valence-corrected chi connectivity index (χ3v) is 1.82. The maximum atomic E-state index is 11.1. The molecule has 1 aromatic heterocycles. The molecule has 0 fully saturated rings. The number of hydrogen-bond acceptors (Lipinski definition) is 3. The van der Waals surface area contributed by atoms with Gasteiger partial charge in [0.15, 0.2) is 0 Å². The lowest BCUT2D eigenvalue weighted by Gasteiger charge is -2.11. The molecule has 0 saturated carbocycles. The van der Waals surface area contributed by atoms with Crippen molar-refractivity contribution in [3.8, 4) is 0 Å². The van der Waals surface area contributed by atoms with Crippen molar-refractivity contribution in [3.63, 3.8) is 0 Å². The van der Waals surface area contributed by atoms with E-state index in [9.17, 15) is 9.59 Å². The van der Waals surface area contributed by atoms with Gasteiger partial charge >= 0.3 is 5.97 Å². The first-order valence-corrected chi connectivity index (χ1v) is 4.51. The third kappa shape index (κ3) is 3.76. The quantitative estimate of drug-likeness (QED) is 0.715. The molecule has 0 aromatic carbocycles. The van der Waals surface area contributed by atoms with Crippen LogP contribution < -0.4 is 5.32 Å². The zero-order valence-corrected chi connectivity index (χ0v) is 8.30. The summed E-state index contributed by atoms with van der Waals surface area (Å²) in [5, 5.41) is 10.9. The zero-order valence-electron chi connectivity index (χ0n) is 8.30. The first-order chi connectivity index (χ1) is 7.09. The van der Waals surface area contributed by atoms with Crippen LogP contribution in [0, 0.1) is 0 Å². The SMILES string of the molecule is CC(NC(=O)CC(=O)O)c1ccccn1. The molecule has 5 heteroatoms. The van der Waals surface area contributed by atoms with Crippen LogP contribution in [0.2, 0.25) is 0 Å². The van der Waals surface area contributed by atoms with E-state index in [0.717, 1.165) is 0 Å². The first kappa shape index (κ1) is 11.2. The smallest absolute Gasteiger partial charge is 0.312 e. The summed E-state index contributed by atoms with van der Waals surface area (Å²) in [6.45, 7) is 1.75. The van der Waals surface area contributed by atoms with Gasteiger partial charge < -0.3 is 10.4 Å². The molecule has 0 radical (unpaired) electrons. The summed E-state index contributed by atoms with van der Waals surface area (Å²) in [7, 11) is 0. The number of aromatic nitrogens is 1. The molecule has 2 N–H and O–H groups in total. The Hall–Kier alpha value is -1.91. The minimum Gasteiger partial charge on any atom is -0.481 e. The Labute approximate surface area is 87.1 Å². The Morgan fingerprint density at radius 1 is 1.53 bits per heavy atom. The molecule has 1 atom stereocenters. The molecule has 1 amide bonds. The second-order valence-electron chi connectivity index (χ2n) is 3.11. The maximum absolute atomic E-state index is 11.1. The first-order valence-electron chi connectivity index (χ1n) is 4.51. The highest BCUT2D eigenvalue weighted by Gasteiger charge is 2.12. The van der Waals surface area contributed by atoms with Crippen molar-refractivity contribution < 1.29 is 14.7 Å². The van der Waals surface area contributed by atoms with Gasteiger partial charge in [-0.15, -0.1) is 0 Å². The fourth-order valence-electron chi connectivity index (χ4n) is 1.14. The van der Waals surface area contributed by atoms with Crippen LogP contribution in [0.4, 0.5) is 0 Å². The van der Waals surface area contributed by atoms with Gasteiger partial charge in [0.2, 0.25) is 5.91 Å². The average Bonchev–Trinajstić information content (AvgIpc) is 2.17. The monoisotopic (exact) mass is 208 g/mol. The number of carbonyl (C=O) groups is 2. The van der Waals surface area contributed by atoms with Crippen LogP contribution in [0.5, 0.6) is 0 Å². The highest BCUT2D eigenvalue weighted by molar-refractivity contribution is 5.93. The third-order valence-electron chi connectivity index (χ3n) is 1.82. The summed E-state index contributed by atoms with van der Waals surface area (Å²) in [5.74, 6) is -1.65. The zero-order chi connectivity index (χ0) is 11.3. The van der Waals surface area contributed by atoms with Crippen molar-refractivity contribution in [1.29, 1.82) is 0 Å². The normalized spacial score (nSPS) is 11.8. The summed E-state index contributed by atoms with van der Waals surface area (Å²) >= 11 is 0. The van der Waals surface area contributed by atoms with Crippen molar-refractivity contribution in [2.45, 2.75) is 19.4 Å². The topological polar surface area (TPSA) is 79.3 Å². The number of pyridine rings is 1. The Morgan fingerprint density at radius 2 is 2.27 bits per heavy atom. The van der Waals surface area contributed by atoms with E-state index < -0.39 is 18.3 Å². The average molecular weight is 208 g/mol. The molecule has 0 aliphatic carbocycles. The van der Waals surface area contributed by atoms with Gasteiger partial charge in [-0.3, -0.25) is 14.6 Å². The number of aliphatic carboxylic acids is 1. The maximum Gasteiger partial charge on any atom is 0.312 e. The molecular formula is C10H12N2O3. The fourth-order valence-corrected chi connectivity index (χ4v) is 1.14. The van der Waals surface area contributed by atoms with Crippen molar-refractivity contribution in [2.75, 3.05) is 0 Å². The molecule has 80 valence electrons. The van der Waals surface area contributed by atoms with Gasteiger partial charge in [-0.2, -0.15) is 0 Å². The standard InChI is InChI=1S/C10H12N2O3/c1-7(8-4-2-3-5-11-8)12-9(13)6-10(14)15/h2-5,7H,6H2,1H3,(H,12,13)(H,14,15). The Balaban J connectivity index is 2.53. The number of nitrogens with one attached hydrogen (secondary N) is 1. The molecule has 5 nitrogen and oxygen atoms in total. The molecule has 1 heterocycles. The molecule has 15 heavy (non-hydrogen) atoms. The predicted octanol–water partition coefficient (Wildman–Crippen LogP) is 0.734. The van der Waals surface area contributed by atoms with Crippen LogP contribution in [-0.4, -0.2) is 22.0 Å². The number of carboxylic acid groups (broad SMARTS) is 1. The number of rotatable bonds is 4. The molecule has 1 aromatic rings. The van der Waals surface area contributed by atoms with Crippen molar-refractivity contribution in [2.24, 2.45) is 0 Å². The second kappa shape index (κ2) is 5.09. The number of amides is 1.